The number of likely N-dealkylation sites (tertiary alicyclic amines) is 1. The fourth-order valence-corrected chi connectivity index (χ4v) is 2.82. The first kappa shape index (κ1) is 14.5. The van der Waals surface area contributed by atoms with Crippen molar-refractivity contribution in [2.24, 2.45) is 11.7 Å². The van der Waals surface area contributed by atoms with Gasteiger partial charge in [0.05, 0.1) is 11.6 Å². The maximum atomic E-state index is 10.9. The second-order valence-electron chi connectivity index (χ2n) is 5.56. The topological polar surface area (TPSA) is 70.1 Å². The van der Waals surface area contributed by atoms with Crippen LogP contribution in [0, 0.1) is 17.2 Å². The van der Waals surface area contributed by atoms with Gasteiger partial charge >= 0.3 is 0 Å². The fourth-order valence-electron chi connectivity index (χ4n) is 2.82. The number of nitrogens with two attached hydrogens (primary N) is 1. The molecule has 1 fully saturated rings. The highest BCUT2D eigenvalue weighted by Crippen LogP contribution is 2.22. The van der Waals surface area contributed by atoms with Crippen LogP contribution in [0.15, 0.2) is 24.3 Å². The average molecular weight is 271 g/mol. The Hall–Kier alpha value is -1.86. The molecule has 1 aliphatic rings. The quantitative estimate of drug-likeness (QED) is 0.890. The third kappa shape index (κ3) is 4.36. The van der Waals surface area contributed by atoms with Gasteiger partial charge in [0.2, 0.25) is 5.91 Å². The number of hydrogen-bond acceptors (Lipinski definition) is 3. The molecule has 0 unspecified atom stereocenters. The van der Waals surface area contributed by atoms with Crippen molar-refractivity contribution in [2.45, 2.75) is 32.2 Å². The van der Waals surface area contributed by atoms with Crippen LogP contribution in [0.3, 0.4) is 0 Å². The predicted molar refractivity (Wildman–Crippen MR) is 77.6 cm³/mol. The molecule has 2 rings (SSSR count). The Balaban J connectivity index is 1.85. The van der Waals surface area contributed by atoms with Crippen LogP contribution in [-0.2, 0) is 11.3 Å². The van der Waals surface area contributed by atoms with E-state index in [0.29, 0.717) is 17.9 Å². The lowest BCUT2D eigenvalue weighted by Crippen LogP contribution is -2.35. The third-order valence-corrected chi connectivity index (χ3v) is 3.89. The van der Waals surface area contributed by atoms with E-state index in [-0.39, 0.29) is 5.91 Å². The molecule has 20 heavy (non-hydrogen) atoms. The van der Waals surface area contributed by atoms with Gasteiger partial charge in [-0.15, -0.1) is 0 Å². The smallest absolute Gasteiger partial charge is 0.217 e. The first-order valence-electron chi connectivity index (χ1n) is 7.17. The molecule has 0 aromatic heterocycles. The summed E-state index contributed by atoms with van der Waals surface area (Å²) in [5.74, 6) is 0.379. The average Bonchev–Trinajstić information content (AvgIpc) is 2.46. The van der Waals surface area contributed by atoms with Gasteiger partial charge in [-0.2, -0.15) is 5.26 Å². The van der Waals surface area contributed by atoms with Gasteiger partial charge in [-0.25, -0.2) is 0 Å². The van der Waals surface area contributed by atoms with E-state index >= 15 is 0 Å². The molecule has 1 atom stereocenters. The molecule has 1 aromatic carbocycles. The molecular weight excluding hydrogens is 250 g/mol. The van der Waals surface area contributed by atoms with E-state index in [9.17, 15) is 4.79 Å². The molecule has 0 bridgehead atoms. The maximum absolute atomic E-state index is 10.9. The minimum atomic E-state index is -0.200. The lowest BCUT2D eigenvalue weighted by Gasteiger charge is -2.32. The molecule has 106 valence electrons. The number of amides is 1. The molecule has 4 heteroatoms. The zero-order valence-corrected chi connectivity index (χ0v) is 11.7. The van der Waals surface area contributed by atoms with Crippen molar-refractivity contribution >= 4 is 5.91 Å². The molecule has 0 saturated carbocycles. The zero-order valence-electron chi connectivity index (χ0n) is 11.7. The predicted octanol–water partition coefficient (Wildman–Crippen LogP) is 2.04. The third-order valence-electron chi connectivity index (χ3n) is 3.89. The molecule has 0 aliphatic carbocycles. The van der Waals surface area contributed by atoms with Crippen LogP contribution in [0.4, 0.5) is 0 Å². The van der Waals surface area contributed by atoms with Crippen molar-refractivity contribution < 1.29 is 4.79 Å². The maximum Gasteiger partial charge on any atom is 0.217 e. The Morgan fingerprint density at radius 1 is 1.40 bits per heavy atom. The first-order chi connectivity index (χ1) is 9.67. The van der Waals surface area contributed by atoms with Crippen molar-refractivity contribution in [3.63, 3.8) is 0 Å². The summed E-state index contributed by atoms with van der Waals surface area (Å²) in [6.45, 7) is 3.05. The van der Waals surface area contributed by atoms with Crippen molar-refractivity contribution in [3.05, 3.63) is 35.4 Å². The van der Waals surface area contributed by atoms with Crippen molar-refractivity contribution in [1.29, 1.82) is 5.26 Å². The number of primary amides is 1. The van der Waals surface area contributed by atoms with E-state index in [2.05, 4.69) is 11.0 Å². The molecule has 0 spiro atoms. The van der Waals surface area contributed by atoms with E-state index in [0.717, 1.165) is 26.1 Å². The number of carbonyl (C=O) groups excluding carboxylic acids is 1. The van der Waals surface area contributed by atoms with E-state index in [1.165, 1.54) is 18.4 Å². The number of piperidine rings is 1. The Labute approximate surface area is 120 Å². The molecule has 2 N–H and O–H groups in total. The minimum Gasteiger partial charge on any atom is -0.370 e. The normalized spacial score (nSPS) is 19.4. The van der Waals surface area contributed by atoms with E-state index in [4.69, 9.17) is 11.0 Å². The standard InChI is InChI=1S/C16H21N3O/c17-10-13-3-5-15(6-4-13)12-19-9-1-2-14(11-19)7-8-16(18)20/h3-6,14H,1-2,7-9,11-12H2,(H2,18,20)/t14-/m0/s1. The second-order valence-corrected chi connectivity index (χ2v) is 5.56. The van der Waals surface area contributed by atoms with Crippen LogP contribution in [0.5, 0.6) is 0 Å². The largest absolute Gasteiger partial charge is 0.370 e. The number of carbonyl (C=O) groups is 1. The lowest BCUT2D eigenvalue weighted by molar-refractivity contribution is -0.118. The van der Waals surface area contributed by atoms with Crippen LogP contribution in [0.25, 0.3) is 0 Å². The molecule has 1 saturated heterocycles. The second kappa shape index (κ2) is 7.06. The Bertz CT molecular complexity index is 489. The van der Waals surface area contributed by atoms with Crippen molar-refractivity contribution in [2.75, 3.05) is 13.1 Å². The van der Waals surface area contributed by atoms with Gasteiger partial charge in [0.15, 0.2) is 0 Å². The monoisotopic (exact) mass is 271 g/mol. The van der Waals surface area contributed by atoms with Crippen LogP contribution in [0.1, 0.15) is 36.8 Å². The van der Waals surface area contributed by atoms with E-state index in [1.54, 1.807) is 0 Å². The first-order valence-corrected chi connectivity index (χ1v) is 7.17. The molecular formula is C16H21N3O. The van der Waals surface area contributed by atoms with Crippen LogP contribution in [0.2, 0.25) is 0 Å². The Kier molecular flexibility index (Phi) is 5.14. The van der Waals surface area contributed by atoms with Crippen molar-refractivity contribution in [1.82, 2.24) is 4.90 Å². The molecule has 1 heterocycles. The highest BCUT2D eigenvalue weighted by atomic mass is 16.1. The minimum absolute atomic E-state index is 0.200. The summed E-state index contributed by atoms with van der Waals surface area (Å²) in [6, 6.07) is 9.90. The summed E-state index contributed by atoms with van der Waals surface area (Å²) < 4.78 is 0. The summed E-state index contributed by atoms with van der Waals surface area (Å²) in [5.41, 5.74) is 7.15. The number of rotatable bonds is 5. The van der Waals surface area contributed by atoms with Gasteiger partial charge in [0.25, 0.3) is 0 Å². The fraction of sp³-hybridized carbons (Fsp3) is 0.500. The van der Waals surface area contributed by atoms with Gasteiger partial charge in [-0.05, 0) is 49.4 Å². The summed E-state index contributed by atoms with van der Waals surface area (Å²) in [6.07, 6.45) is 3.77. The van der Waals surface area contributed by atoms with E-state index < -0.39 is 0 Å². The Morgan fingerprint density at radius 3 is 2.80 bits per heavy atom. The van der Waals surface area contributed by atoms with Gasteiger partial charge in [0, 0.05) is 19.5 Å². The highest BCUT2D eigenvalue weighted by molar-refractivity contribution is 5.73. The van der Waals surface area contributed by atoms with Gasteiger partial charge in [-0.1, -0.05) is 12.1 Å². The van der Waals surface area contributed by atoms with Crippen LogP contribution < -0.4 is 5.73 Å². The Morgan fingerprint density at radius 2 is 2.15 bits per heavy atom. The van der Waals surface area contributed by atoms with E-state index in [1.807, 2.05) is 24.3 Å². The number of benzene rings is 1. The van der Waals surface area contributed by atoms with Gasteiger partial charge < -0.3 is 5.73 Å². The SMILES string of the molecule is N#Cc1ccc(CN2CCC[C@@H](CCC(N)=O)C2)cc1. The van der Waals surface area contributed by atoms with Crippen LogP contribution in [-0.4, -0.2) is 23.9 Å². The summed E-state index contributed by atoms with van der Waals surface area (Å²) >= 11 is 0. The van der Waals surface area contributed by atoms with Crippen molar-refractivity contribution in [3.8, 4) is 6.07 Å². The highest BCUT2D eigenvalue weighted by Gasteiger charge is 2.20. The van der Waals surface area contributed by atoms with Crippen LogP contribution >= 0.6 is 0 Å². The molecule has 1 aliphatic heterocycles. The summed E-state index contributed by atoms with van der Waals surface area (Å²) in [5, 5.41) is 8.79. The molecule has 1 amide bonds. The number of nitriles is 1. The molecule has 1 aromatic rings. The van der Waals surface area contributed by atoms with Gasteiger partial charge in [-0.3, -0.25) is 9.69 Å². The summed E-state index contributed by atoms with van der Waals surface area (Å²) in [7, 11) is 0. The number of nitrogens with zero attached hydrogens (tertiary/aromatic N) is 2. The molecule has 4 nitrogen and oxygen atoms in total. The summed E-state index contributed by atoms with van der Waals surface area (Å²) in [4.78, 5) is 13.3. The zero-order chi connectivity index (χ0) is 14.4. The number of hydrogen-bond donors (Lipinski definition) is 1. The lowest BCUT2D eigenvalue weighted by atomic mass is 9.93. The van der Waals surface area contributed by atoms with Gasteiger partial charge in [0.1, 0.15) is 0 Å². The molecule has 0 radical (unpaired) electrons.